The number of carbonyl (C=O) groups excluding carboxylic acids is 2. The molecule has 3 fully saturated rings. The fourth-order valence-electron chi connectivity index (χ4n) is 7.65. The summed E-state index contributed by atoms with van der Waals surface area (Å²) in [5.74, 6) is 6.23. The van der Waals surface area contributed by atoms with Gasteiger partial charge in [-0.25, -0.2) is 4.98 Å². The van der Waals surface area contributed by atoms with Crippen molar-refractivity contribution in [3.8, 4) is 17.7 Å². The van der Waals surface area contributed by atoms with Gasteiger partial charge in [-0.05, 0) is 96.9 Å². The molecule has 5 rings (SSSR count). The second kappa shape index (κ2) is 15.1. The second-order valence-corrected chi connectivity index (χ2v) is 14.8. The van der Waals surface area contributed by atoms with Crippen molar-refractivity contribution in [1.29, 1.82) is 0 Å². The number of aromatic carboxylic acids is 1. The van der Waals surface area contributed by atoms with Crippen LogP contribution in [0.15, 0.2) is 30.5 Å². The average molecular weight is 628 g/mol. The second-order valence-electron chi connectivity index (χ2n) is 13.7. The third-order valence-electron chi connectivity index (χ3n) is 9.45. The SMILES string of the molecule is CC(=O)N(c1cc(C#CC(C)(C)C)sc1C(=O)[O-])C1([C@@H]2CCC(Oc3ccccn3)C(CN3CCCC3)C2)CCCCC1.[Na+]. The van der Waals surface area contributed by atoms with Gasteiger partial charge >= 0.3 is 29.6 Å². The Hall–Kier alpha value is -1.89. The first-order chi connectivity index (χ1) is 20.6. The zero-order valence-corrected chi connectivity index (χ0v) is 30.0. The number of ether oxygens (including phenoxy) is 1. The zero-order valence-electron chi connectivity index (χ0n) is 27.2. The van der Waals surface area contributed by atoms with Gasteiger partial charge in [-0.1, -0.05) is 37.2 Å². The number of aromatic nitrogens is 1. The summed E-state index contributed by atoms with van der Waals surface area (Å²) in [6.45, 7) is 10.9. The van der Waals surface area contributed by atoms with Crippen molar-refractivity contribution >= 4 is 28.9 Å². The first-order valence-electron chi connectivity index (χ1n) is 16.0. The van der Waals surface area contributed by atoms with E-state index in [4.69, 9.17) is 4.74 Å². The summed E-state index contributed by atoms with van der Waals surface area (Å²) in [6.07, 6.45) is 11.9. The van der Waals surface area contributed by atoms with Gasteiger partial charge in [0.05, 0.1) is 26.9 Å². The van der Waals surface area contributed by atoms with Crippen molar-refractivity contribution in [3.05, 3.63) is 40.2 Å². The van der Waals surface area contributed by atoms with Crippen molar-refractivity contribution in [2.45, 2.75) is 104 Å². The van der Waals surface area contributed by atoms with Crippen LogP contribution in [0.2, 0.25) is 0 Å². The number of carboxylic acids is 1. The summed E-state index contributed by atoms with van der Waals surface area (Å²) >= 11 is 1.12. The Morgan fingerprint density at radius 3 is 2.48 bits per heavy atom. The van der Waals surface area contributed by atoms with Gasteiger partial charge in [0.1, 0.15) is 6.10 Å². The molecule has 0 radical (unpaired) electrons. The molecule has 2 unspecified atom stereocenters. The number of rotatable bonds is 8. The van der Waals surface area contributed by atoms with E-state index in [0.29, 0.717) is 22.4 Å². The fourth-order valence-corrected chi connectivity index (χ4v) is 8.48. The molecule has 0 bridgehead atoms. The van der Waals surface area contributed by atoms with Crippen molar-refractivity contribution in [2.24, 2.45) is 17.3 Å². The van der Waals surface area contributed by atoms with Gasteiger partial charge in [-0.15, -0.1) is 11.3 Å². The molecule has 2 aromatic rings. The van der Waals surface area contributed by atoms with E-state index in [-0.39, 0.29) is 57.8 Å². The van der Waals surface area contributed by atoms with Gasteiger partial charge in [0, 0.05) is 37.1 Å². The molecule has 0 aromatic carbocycles. The van der Waals surface area contributed by atoms with Crippen LogP contribution in [-0.2, 0) is 4.79 Å². The van der Waals surface area contributed by atoms with Gasteiger partial charge in [0.25, 0.3) is 0 Å². The number of nitrogens with zero attached hydrogens (tertiary/aromatic N) is 3. The largest absolute Gasteiger partial charge is 1.00 e. The van der Waals surface area contributed by atoms with Crippen LogP contribution in [-0.4, -0.2) is 53.0 Å². The molecule has 2 aromatic heterocycles. The van der Waals surface area contributed by atoms with E-state index in [1.54, 1.807) is 13.1 Å². The Morgan fingerprint density at radius 2 is 1.86 bits per heavy atom. The summed E-state index contributed by atoms with van der Waals surface area (Å²) < 4.78 is 6.53. The number of hydrogen-bond donors (Lipinski definition) is 0. The maximum absolute atomic E-state index is 13.7. The van der Waals surface area contributed by atoms with Crippen LogP contribution in [0.25, 0.3) is 0 Å². The topological polar surface area (TPSA) is 85.8 Å². The van der Waals surface area contributed by atoms with Crippen molar-refractivity contribution in [3.63, 3.8) is 0 Å². The van der Waals surface area contributed by atoms with Crippen LogP contribution < -0.4 is 44.3 Å². The predicted molar refractivity (Wildman–Crippen MR) is 169 cm³/mol. The molecule has 0 spiro atoms. The smallest absolute Gasteiger partial charge is 0.544 e. The maximum Gasteiger partial charge on any atom is 1.00 e. The van der Waals surface area contributed by atoms with E-state index >= 15 is 0 Å². The number of pyridine rings is 1. The Morgan fingerprint density at radius 1 is 1.14 bits per heavy atom. The first-order valence-corrected chi connectivity index (χ1v) is 16.9. The molecule has 1 amide bonds. The molecular weight excluding hydrogens is 581 g/mol. The summed E-state index contributed by atoms with van der Waals surface area (Å²) in [7, 11) is 0. The molecule has 3 atom stereocenters. The average Bonchev–Trinajstić information content (AvgIpc) is 3.64. The monoisotopic (exact) mass is 627 g/mol. The third-order valence-corrected chi connectivity index (χ3v) is 10.5. The van der Waals surface area contributed by atoms with Crippen molar-refractivity contribution in [2.75, 3.05) is 24.5 Å². The number of hydrogen-bond acceptors (Lipinski definition) is 7. The van der Waals surface area contributed by atoms with Crippen LogP contribution >= 0.6 is 11.3 Å². The van der Waals surface area contributed by atoms with E-state index in [2.05, 4.69) is 21.7 Å². The summed E-state index contributed by atoms with van der Waals surface area (Å²) in [6, 6.07) is 7.61. The number of carboxylic acid groups (broad SMARTS) is 1. The minimum Gasteiger partial charge on any atom is -0.544 e. The van der Waals surface area contributed by atoms with Gasteiger partial charge in [0.2, 0.25) is 11.8 Å². The Balaban J connectivity index is 0.00000442. The molecule has 7 nitrogen and oxygen atoms in total. The molecule has 1 saturated heterocycles. The Labute approximate surface area is 289 Å². The quantitative estimate of drug-likeness (QED) is 0.331. The van der Waals surface area contributed by atoms with E-state index in [1.807, 2.05) is 49.9 Å². The number of amides is 1. The molecule has 9 heteroatoms. The molecular formula is C35H46N3NaO4S. The van der Waals surface area contributed by atoms with Crippen LogP contribution in [0.3, 0.4) is 0 Å². The molecule has 232 valence electrons. The van der Waals surface area contributed by atoms with Crippen LogP contribution in [0.1, 0.15) is 106 Å². The summed E-state index contributed by atoms with van der Waals surface area (Å²) in [4.78, 5) is 35.8. The number of thiophene rings is 1. The molecule has 3 heterocycles. The molecule has 2 aliphatic carbocycles. The van der Waals surface area contributed by atoms with Crippen LogP contribution in [0.5, 0.6) is 5.88 Å². The summed E-state index contributed by atoms with van der Waals surface area (Å²) in [5.41, 5.74) is -0.221. The minimum atomic E-state index is -1.25. The fraction of sp³-hybridized carbons (Fsp3) is 0.629. The van der Waals surface area contributed by atoms with E-state index in [1.165, 1.54) is 12.8 Å². The van der Waals surface area contributed by atoms with Crippen molar-refractivity contribution < 1.29 is 49.0 Å². The third kappa shape index (κ3) is 8.27. The molecule has 3 aliphatic rings. The number of carbonyl (C=O) groups is 2. The molecule has 1 aliphatic heterocycles. The Kier molecular flexibility index (Phi) is 12.0. The first kappa shape index (κ1) is 35.0. The van der Waals surface area contributed by atoms with Gasteiger partial charge in [-0.2, -0.15) is 0 Å². The summed E-state index contributed by atoms with van der Waals surface area (Å²) in [5, 5.41) is 12.5. The normalized spacial score (nSPS) is 23.6. The molecule has 0 N–H and O–H groups in total. The maximum atomic E-state index is 13.7. The van der Waals surface area contributed by atoms with Gasteiger partial charge < -0.3 is 24.4 Å². The Bertz CT molecular complexity index is 1330. The van der Waals surface area contributed by atoms with E-state index in [9.17, 15) is 14.7 Å². The van der Waals surface area contributed by atoms with Crippen LogP contribution in [0.4, 0.5) is 5.69 Å². The number of anilines is 1. The minimum absolute atomic E-state index is 0. The predicted octanol–water partition coefficient (Wildman–Crippen LogP) is 2.92. The molecule has 44 heavy (non-hydrogen) atoms. The van der Waals surface area contributed by atoms with Crippen molar-refractivity contribution in [1.82, 2.24) is 9.88 Å². The standard InChI is InChI=1S/C35H47N3O4S.Na/c1-25(39)38(29-23-28(15-18-34(2,3)4)43-32(29)33(40)41)35(16-7-5-8-17-35)27-13-14-30(42-31-12-6-9-19-36-31)26(22-27)24-37-20-10-11-21-37;/h6,9,12,19,23,26-27,30H,5,7-8,10-11,13-14,16-17,20-22,24H2,1-4H3,(H,40,41);/q;+1/p-1/t26?,27-,30?;/m1./s1. The van der Waals surface area contributed by atoms with Crippen LogP contribution in [0, 0.1) is 29.1 Å². The van der Waals surface area contributed by atoms with Gasteiger partial charge in [0.15, 0.2) is 0 Å². The number of likely N-dealkylation sites (tertiary alicyclic amines) is 1. The molecule has 2 saturated carbocycles. The van der Waals surface area contributed by atoms with E-state index in [0.717, 1.165) is 82.3 Å². The zero-order chi connectivity index (χ0) is 30.6. The van der Waals surface area contributed by atoms with Gasteiger partial charge in [-0.3, -0.25) is 4.79 Å². The van der Waals surface area contributed by atoms with E-state index < -0.39 is 11.5 Å².